The molecule has 0 fully saturated rings. The largest absolute Gasteiger partial charge is 0.508 e. The zero-order valence-electron chi connectivity index (χ0n) is 45.2. The lowest BCUT2D eigenvalue weighted by atomic mass is 9.68. The Morgan fingerprint density at radius 1 is 0.300 bits per heavy atom. The first kappa shape index (κ1) is 58.3. The van der Waals surface area contributed by atoms with Crippen LogP contribution in [0.15, 0.2) is 188 Å². The third kappa shape index (κ3) is 11.3. The zero-order chi connectivity index (χ0) is 57.9. The molecule has 0 radical (unpaired) electrons. The molecule has 0 spiro atoms. The Labute approximate surface area is 464 Å². The first-order valence-electron chi connectivity index (χ1n) is 25.4. The van der Waals surface area contributed by atoms with Crippen LogP contribution >= 0.6 is 0 Å². The monoisotopic (exact) mass is 1080 g/mol. The fourth-order valence-electron chi connectivity index (χ4n) is 10.9. The maximum atomic E-state index is 10.6. The Balaban J connectivity index is 0.000000174. The normalized spacial score (nSPS) is 11.4. The van der Waals surface area contributed by atoms with E-state index in [1.54, 1.807) is 100 Å². The summed E-state index contributed by atoms with van der Waals surface area (Å²) in [5, 5.41) is 111. The number of rotatable bonds is 15. The van der Waals surface area contributed by atoms with Gasteiger partial charge in [-0.2, -0.15) is 0 Å². The molecule has 0 unspecified atom stereocenters. The number of benzene rings is 9. The number of aliphatic hydroxyl groups is 3. The summed E-state index contributed by atoms with van der Waals surface area (Å²) in [7, 11) is 4.66. The van der Waals surface area contributed by atoms with Gasteiger partial charge in [-0.05, 0) is 115 Å². The van der Waals surface area contributed by atoms with Crippen molar-refractivity contribution >= 4 is 0 Å². The minimum Gasteiger partial charge on any atom is -0.508 e. The fraction of sp³-hybridized carbons (Fsp3) is 0.182. The lowest BCUT2D eigenvalue weighted by Crippen LogP contribution is -2.28. The summed E-state index contributed by atoms with van der Waals surface area (Å²) in [6, 6.07) is 52.6. The lowest BCUT2D eigenvalue weighted by molar-refractivity contribution is 0.277. The van der Waals surface area contributed by atoms with Gasteiger partial charge in [0, 0.05) is 56.5 Å². The summed E-state index contributed by atoms with van der Waals surface area (Å²) in [5.41, 5.74) is 5.12. The molecule has 0 bridgehead atoms. The average Bonchev–Trinajstić information content (AvgIpc) is 3.67. The average molecular weight is 1080 g/mol. The number of aromatic hydroxyl groups is 8. The highest BCUT2D eigenvalue weighted by atomic mass is 16.5. The third-order valence-corrected chi connectivity index (χ3v) is 14.8. The van der Waals surface area contributed by atoms with Gasteiger partial charge < -0.3 is 70.4 Å². The molecule has 0 aliphatic rings. The van der Waals surface area contributed by atoms with Crippen molar-refractivity contribution in [2.45, 2.75) is 56.8 Å². The zero-order valence-corrected chi connectivity index (χ0v) is 45.2. The maximum absolute atomic E-state index is 10.6. The SMILES string of the molecule is COc1cccc(CO)c1C(C)(c1ccc(O)cc1)c1ccc(O)cc1.COc1cccc(CO)c1C(C)(c1ccc(O)cc1O)c1ccc(O)cc1O.COc1cccc(CO)c1C(C)(c1ccccc1O)c1ccccc1O. The van der Waals surface area contributed by atoms with Gasteiger partial charge in [0.25, 0.3) is 0 Å². The molecule has 11 N–H and O–H groups in total. The molecule has 9 aromatic rings. The van der Waals surface area contributed by atoms with Crippen LogP contribution in [-0.4, -0.2) is 77.5 Å². The van der Waals surface area contributed by atoms with E-state index in [0.717, 1.165) is 22.3 Å². The van der Waals surface area contributed by atoms with E-state index in [9.17, 15) is 56.2 Å². The maximum Gasteiger partial charge on any atom is 0.123 e. The first-order valence-corrected chi connectivity index (χ1v) is 25.4. The van der Waals surface area contributed by atoms with Crippen molar-refractivity contribution in [2.75, 3.05) is 21.3 Å². The van der Waals surface area contributed by atoms with Gasteiger partial charge in [-0.15, -0.1) is 0 Å². The number of phenols is 8. The molecule has 0 aliphatic heterocycles. The van der Waals surface area contributed by atoms with Gasteiger partial charge in [0.1, 0.15) is 63.2 Å². The molecule has 80 heavy (non-hydrogen) atoms. The number of para-hydroxylation sites is 2. The molecule has 9 aromatic carbocycles. The quantitative estimate of drug-likeness (QED) is 0.0428. The Hall–Kier alpha value is -9.34. The molecule has 0 saturated heterocycles. The molecule has 0 atom stereocenters. The summed E-state index contributed by atoms with van der Waals surface area (Å²) in [6.07, 6.45) is 0. The number of methoxy groups -OCH3 is 3. The van der Waals surface area contributed by atoms with Gasteiger partial charge in [0.2, 0.25) is 0 Å². The highest BCUT2D eigenvalue weighted by molar-refractivity contribution is 5.66. The van der Waals surface area contributed by atoms with Gasteiger partial charge in [-0.1, -0.05) is 109 Å². The molecule has 0 aliphatic carbocycles. The van der Waals surface area contributed by atoms with Crippen LogP contribution < -0.4 is 14.2 Å². The summed E-state index contributed by atoms with van der Waals surface area (Å²) < 4.78 is 16.7. The predicted molar refractivity (Wildman–Crippen MR) is 305 cm³/mol. The highest BCUT2D eigenvalue weighted by Crippen LogP contribution is 2.52. The summed E-state index contributed by atoms with van der Waals surface area (Å²) in [6.45, 7) is 5.11. The summed E-state index contributed by atoms with van der Waals surface area (Å²) in [4.78, 5) is 0. The first-order chi connectivity index (χ1) is 38.4. The highest BCUT2D eigenvalue weighted by Gasteiger charge is 2.42. The summed E-state index contributed by atoms with van der Waals surface area (Å²) in [5.74, 6) is 1.67. The predicted octanol–water partition coefficient (Wildman–Crippen LogP) is 11.3. The molecule has 414 valence electrons. The smallest absolute Gasteiger partial charge is 0.123 e. The van der Waals surface area contributed by atoms with E-state index in [4.69, 9.17) is 14.2 Å². The minimum absolute atomic E-state index is 0.105. The van der Waals surface area contributed by atoms with Crippen molar-refractivity contribution in [3.8, 4) is 63.2 Å². The van der Waals surface area contributed by atoms with E-state index in [0.29, 0.717) is 61.8 Å². The van der Waals surface area contributed by atoms with E-state index in [-0.39, 0.29) is 65.8 Å². The topological polar surface area (TPSA) is 250 Å². The molecular weight excluding hydrogens is 1020 g/mol. The number of phenolic OH excluding ortho intramolecular Hbond substituents is 8. The number of hydrogen-bond acceptors (Lipinski definition) is 14. The molecule has 9 rings (SSSR count). The van der Waals surface area contributed by atoms with E-state index < -0.39 is 16.2 Å². The number of hydrogen-bond donors (Lipinski definition) is 11. The molecule has 0 aromatic heterocycles. The molecular formula is C66H66O14. The lowest BCUT2D eigenvalue weighted by Gasteiger charge is -2.35. The molecule has 0 amide bonds. The molecule has 14 heteroatoms. The summed E-state index contributed by atoms with van der Waals surface area (Å²) >= 11 is 0. The van der Waals surface area contributed by atoms with Crippen LogP contribution in [-0.2, 0) is 36.1 Å². The molecule has 0 saturated carbocycles. The van der Waals surface area contributed by atoms with Gasteiger partial charge >= 0.3 is 0 Å². The van der Waals surface area contributed by atoms with Crippen LogP contribution in [0.3, 0.4) is 0 Å². The fourth-order valence-corrected chi connectivity index (χ4v) is 10.9. The Kier molecular flexibility index (Phi) is 18.2. The Morgan fingerprint density at radius 2 is 0.588 bits per heavy atom. The number of aliphatic hydroxyl groups excluding tert-OH is 3. The van der Waals surface area contributed by atoms with Gasteiger partial charge in [0.05, 0.1) is 52.0 Å². The second-order valence-electron chi connectivity index (χ2n) is 19.4. The van der Waals surface area contributed by atoms with Crippen LogP contribution in [0.1, 0.15) is 87.5 Å². The van der Waals surface area contributed by atoms with Gasteiger partial charge in [0.15, 0.2) is 0 Å². The minimum atomic E-state index is -1.18. The van der Waals surface area contributed by atoms with Crippen LogP contribution in [0, 0.1) is 0 Å². The molecule has 14 nitrogen and oxygen atoms in total. The molecule has 0 heterocycles. The van der Waals surface area contributed by atoms with E-state index in [1.807, 2.05) is 98.8 Å². The van der Waals surface area contributed by atoms with E-state index >= 15 is 0 Å². The Morgan fingerprint density at radius 3 is 0.875 bits per heavy atom. The van der Waals surface area contributed by atoms with Gasteiger partial charge in [-0.3, -0.25) is 0 Å². The third-order valence-electron chi connectivity index (χ3n) is 14.8. The standard InChI is InChI=1S/C22H22O6.2C22H22O4/c1-22(16-8-6-14(24)10-18(16)26,17-9-7-15(25)11-19(17)27)21-13(12-23)4-3-5-20(21)28-2;1-22(16-9-3-5-11-18(16)24,17-10-4-6-12-19(17)25)21-15(14-23)8-7-13-20(21)26-2;1-22(16-6-10-18(24)11-7-16,17-8-12-19(25)13-9-17)21-15(14-23)4-3-5-20(21)26-2/h3-11,23-27H,12H2,1-2H3;2*3-13,23-25H,14H2,1-2H3. The van der Waals surface area contributed by atoms with Crippen molar-refractivity contribution in [2.24, 2.45) is 0 Å². The van der Waals surface area contributed by atoms with Crippen LogP contribution in [0.5, 0.6) is 63.2 Å². The van der Waals surface area contributed by atoms with Crippen molar-refractivity contribution < 1.29 is 70.4 Å². The second-order valence-corrected chi connectivity index (χ2v) is 19.4. The van der Waals surface area contributed by atoms with Crippen LogP contribution in [0.25, 0.3) is 0 Å². The van der Waals surface area contributed by atoms with Crippen LogP contribution in [0.4, 0.5) is 0 Å². The van der Waals surface area contributed by atoms with E-state index in [1.165, 1.54) is 31.4 Å². The van der Waals surface area contributed by atoms with Crippen molar-refractivity contribution in [1.82, 2.24) is 0 Å². The second kappa shape index (κ2) is 25.0. The van der Waals surface area contributed by atoms with Crippen molar-refractivity contribution in [3.63, 3.8) is 0 Å². The van der Waals surface area contributed by atoms with Crippen molar-refractivity contribution in [1.29, 1.82) is 0 Å². The Bertz CT molecular complexity index is 3350. The number of ether oxygens (including phenoxy) is 3. The van der Waals surface area contributed by atoms with E-state index in [2.05, 4.69) is 0 Å². The van der Waals surface area contributed by atoms with Gasteiger partial charge in [-0.25, -0.2) is 0 Å². The van der Waals surface area contributed by atoms with Crippen molar-refractivity contribution in [3.05, 3.63) is 255 Å². The van der Waals surface area contributed by atoms with Crippen LogP contribution in [0.2, 0.25) is 0 Å².